The lowest BCUT2D eigenvalue weighted by Crippen LogP contribution is -2.43. The molecule has 1 unspecified atom stereocenters. The van der Waals surface area contributed by atoms with Crippen LogP contribution in [0.15, 0.2) is 72.8 Å². The van der Waals surface area contributed by atoms with E-state index in [1.165, 1.54) is 10.9 Å². The molecule has 0 heterocycles. The third-order valence-corrected chi connectivity index (χ3v) is 4.51. The van der Waals surface area contributed by atoms with Crippen molar-refractivity contribution in [2.45, 2.75) is 18.9 Å². The van der Waals surface area contributed by atoms with Crippen molar-refractivity contribution in [1.82, 2.24) is 10.2 Å². The second kappa shape index (κ2) is 8.63. The summed E-state index contributed by atoms with van der Waals surface area (Å²) in [5.74, 6) is 0.0733. The number of fused-ring (bicyclic) bond motifs is 1. The van der Waals surface area contributed by atoms with E-state index in [1.54, 1.807) is 0 Å². The third kappa shape index (κ3) is 4.93. The van der Waals surface area contributed by atoms with Gasteiger partial charge >= 0.3 is 0 Å². The summed E-state index contributed by atoms with van der Waals surface area (Å²) >= 11 is 0. The number of hydrogen-bond acceptors (Lipinski definition) is 2. The number of amides is 1. The van der Waals surface area contributed by atoms with E-state index in [0.717, 1.165) is 23.9 Å². The lowest BCUT2D eigenvalue weighted by molar-refractivity contribution is -0.121. The lowest BCUT2D eigenvalue weighted by Gasteiger charge is -2.23. The Kier molecular flexibility index (Phi) is 6.03. The number of nitrogens with zero attached hydrogens (tertiary/aromatic N) is 1. The van der Waals surface area contributed by atoms with Crippen LogP contribution < -0.4 is 5.32 Å². The van der Waals surface area contributed by atoms with Crippen LogP contribution in [0.5, 0.6) is 0 Å². The van der Waals surface area contributed by atoms with E-state index in [9.17, 15) is 4.79 Å². The standard InChI is InChI=1S/C23H26N2O/c1-25(2)17-21(15-18-9-4-3-5-10-18)24-23(26)16-20-13-8-12-19-11-6-7-14-22(19)20/h3-14,21H,15-17H2,1-2H3,(H,24,26). The topological polar surface area (TPSA) is 32.3 Å². The molecule has 3 aromatic carbocycles. The van der Waals surface area contributed by atoms with E-state index >= 15 is 0 Å². The van der Waals surface area contributed by atoms with Crippen LogP contribution in [0.1, 0.15) is 11.1 Å². The molecule has 0 aliphatic rings. The summed E-state index contributed by atoms with van der Waals surface area (Å²) in [5, 5.41) is 5.55. The zero-order valence-electron chi connectivity index (χ0n) is 15.5. The average molecular weight is 346 g/mol. The molecule has 3 aromatic rings. The summed E-state index contributed by atoms with van der Waals surface area (Å²) in [6.45, 7) is 0.816. The van der Waals surface area contributed by atoms with Crippen LogP contribution in [0.3, 0.4) is 0 Å². The zero-order chi connectivity index (χ0) is 18.4. The molecule has 0 aliphatic carbocycles. The van der Waals surface area contributed by atoms with Gasteiger partial charge in [-0.2, -0.15) is 0 Å². The zero-order valence-corrected chi connectivity index (χ0v) is 15.5. The predicted octanol–water partition coefficient (Wildman–Crippen LogP) is 3.67. The molecule has 0 spiro atoms. The van der Waals surface area contributed by atoms with Crippen LogP contribution in [-0.2, 0) is 17.6 Å². The maximum absolute atomic E-state index is 12.7. The molecule has 0 bridgehead atoms. The Balaban J connectivity index is 1.70. The van der Waals surface area contributed by atoms with Gasteiger partial charge in [0.1, 0.15) is 0 Å². The predicted molar refractivity (Wildman–Crippen MR) is 108 cm³/mol. The summed E-state index contributed by atoms with van der Waals surface area (Å²) < 4.78 is 0. The van der Waals surface area contributed by atoms with Crippen molar-refractivity contribution in [2.75, 3.05) is 20.6 Å². The highest BCUT2D eigenvalue weighted by Crippen LogP contribution is 2.19. The first kappa shape index (κ1) is 18.2. The molecule has 134 valence electrons. The Labute approximate surface area is 155 Å². The van der Waals surface area contributed by atoms with E-state index in [4.69, 9.17) is 0 Å². The minimum atomic E-state index is 0.0733. The minimum Gasteiger partial charge on any atom is -0.351 e. The van der Waals surface area contributed by atoms with Gasteiger partial charge in [0, 0.05) is 12.6 Å². The van der Waals surface area contributed by atoms with Gasteiger partial charge in [0.2, 0.25) is 5.91 Å². The molecular weight excluding hydrogens is 320 g/mol. The van der Waals surface area contributed by atoms with Crippen LogP contribution in [0.2, 0.25) is 0 Å². The van der Waals surface area contributed by atoms with Gasteiger partial charge in [-0.25, -0.2) is 0 Å². The van der Waals surface area contributed by atoms with Crippen molar-refractivity contribution in [2.24, 2.45) is 0 Å². The molecule has 0 saturated heterocycles. The monoisotopic (exact) mass is 346 g/mol. The van der Waals surface area contributed by atoms with Gasteiger partial charge in [0.15, 0.2) is 0 Å². The van der Waals surface area contributed by atoms with Gasteiger partial charge in [-0.1, -0.05) is 72.8 Å². The summed E-state index contributed by atoms with van der Waals surface area (Å²) in [5.41, 5.74) is 2.31. The van der Waals surface area contributed by atoms with Crippen LogP contribution >= 0.6 is 0 Å². The van der Waals surface area contributed by atoms with Crippen LogP contribution in [0, 0.1) is 0 Å². The van der Waals surface area contributed by atoms with E-state index < -0.39 is 0 Å². The van der Waals surface area contributed by atoms with E-state index in [2.05, 4.69) is 40.5 Å². The fourth-order valence-corrected chi connectivity index (χ4v) is 3.40. The van der Waals surface area contributed by atoms with Crippen molar-refractivity contribution in [1.29, 1.82) is 0 Å². The quantitative estimate of drug-likeness (QED) is 0.708. The Bertz CT molecular complexity index is 853. The van der Waals surface area contributed by atoms with Crippen LogP contribution in [0.4, 0.5) is 0 Å². The smallest absolute Gasteiger partial charge is 0.224 e. The fourth-order valence-electron chi connectivity index (χ4n) is 3.40. The van der Waals surface area contributed by atoms with Gasteiger partial charge in [-0.05, 0) is 42.4 Å². The van der Waals surface area contributed by atoms with Crippen LogP contribution in [0.25, 0.3) is 10.8 Å². The minimum absolute atomic E-state index is 0.0733. The van der Waals surface area contributed by atoms with Gasteiger partial charge in [-0.3, -0.25) is 4.79 Å². The summed E-state index contributed by atoms with van der Waals surface area (Å²) in [7, 11) is 4.07. The Hall–Kier alpha value is -2.65. The van der Waals surface area contributed by atoms with Gasteiger partial charge in [0.05, 0.1) is 6.42 Å². The molecule has 3 nitrogen and oxygen atoms in total. The molecule has 1 amide bonds. The van der Waals surface area contributed by atoms with Crippen molar-refractivity contribution < 1.29 is 4.79 Å². The largest absolute Gasteiger partial charge is 0.351 e. The summed E-state index contributed by atoms with van der Waals surface area (Å²) in [4.78, 5) is 14.8. The molecule has 0 aromatic heterocycles. The normalized spacial score (nSPS) is 12.3. The number of hydrogen-bond donors (Lipinski definition) is 1. The Morgan fingerprint density at radius 3 is 2.38 bits per heavy atom. The molecule has 0 saturated carbocycles. The molecule has 0 radical (unpaired) electrons. The number of benzene rings is 3. The third-order valence-electron chi connectivity index (χ3n) is 4.51. The van der Waals surface area contributed by atoms with Gasteiger partial charge in [-0.15, -0.1) is 0 Å². The van der Waals surface area contributed by atoms with Crippen molar-refractivity contribution in [3.63, 3.8) is 0 Å². The van der Waals surface area contributed by atoms with Crippen LogP contribution in [-0.4, -0.2) is 37.5 Å². The van der Waals surface area contributed by atoms with Gasteiger partial charge in [0.25, 0.3) is 0 Å². The molecule has 3 heteroatoms. The fraction of sp³-hybridized carbons (Fsp3) is 0.261. The van der Waals surface area contributed by atoms with Crippen molar-refractivity contribution in [3.8, 4) is 0 Å². The SMILES string of the molecule is CN(C)CC(Cc1ccccc1)NC(=O)Cc1cccc2ccccc12. The maximum atomic E-state index is 12.7. The average Bonchev–Trinajstić information content (AvgIpc) is 2.62. The molecule has 3 rings (SSSR count). The first-order chi connectivity index (χ1) is 12.6. The molecular formula is C23H26N2O. The second-order valence-corrected chi connectivity index (χ2v) is 7.03. The number of likely N-dealkylation sites (N-methyl/N-ethyl adjacent to an activating group) is 1. The van der Waals surface area contributed by atoms with E-state index in [-0.39, 0.29) is 11.9 Å². The Morgan fingerprint density at radius 2 is 1.62 bits per heavy atom. The molecule has 26 heavy (non-hydrogen) atoms. The highest BCUT2D eigenvalue weighted by atomic mass is 16.1. The van der Waals surface area contributed by atoms with Crippen molar-refractivity contribution in [3.05, 3.63) is 83.9 Å². The second-order valence-electron chi connectivity index (χ2n) is 7.03. The van der Waals surface area contributed by atoms with E-state index in [0.29, 0.717) is 6.42 Å². The Morgan fingerprint density at radius 1 is 0.923 bits per heavy atom. The maximum Gasteiger partial charge on any atom is 0.224 e. The molecule has 0 fully saturated rings. The van der Waals surface area contributed by atoms with Crippen molar-refractivity contribution >= 4 is 16.7 Å². The number of rotatable bonds is 7. The first-order valence-electron chi connectivity index (χ1n) is 9.06. The molecule has 0 aliphatic heterocycles. The summed E-state index contributed by atoms with van der Waals surface area (Å²) in [6, 6.07) is 24.8. The lowest BCUT2D eigenvalue weighted by atomic mass is 10.0. The number of carbonyl (C=O) groups excluding carboxylic acids is 1. The summed E-state index contributed by atoms with van der Waals surface area (Å²) in [6.07, 6.45) is 1.24. The number of carbonyl (C=O) groups is 1. The molecule has 1 atom stereocenters. The van der Waals surface area contributed by atoms with Gasteiger partial charge < -0.3 is 10.2 Å². The first-order valence-corrected chi connectivity index (χ1v) is 9.06. The van der Waals surface area contributed by atoms with E-state index in [1.807, 2.05) is 56.6 Å². The highest BCUT2D eigenvalue weighted by molar-refractivity contribution is 5.90. The number of nitrogens with one attached hydrogen (secondary N) is 1. The highest BCUT2D eigenvalue weighted by Gasteiger charge is 2.15. The molecule has 1 N–H and O–H groups in total.